The highest BCUT2D eigenvalue weighted by molar-refractivity contribution is 5.35. The first-order valence-corrected chi connectivity index (χ1v) is 7.71. The van der Waals surface area contributed by atoms with E-state index in [2.05, 4.69) is 32.6 Å². The average Bonchev–Trinajstić information content (AvgIpc) is 2.45. The van der Waals surface area contributed by atoms with Crippen molar-refractivity contribution < 1.29 is 4.74 Å². The van der Waals surface area contributed by atoms with E-state index in [1.54, 1.807) is 0 Å². The van der Waals surface area contributed by atoms with Crippen LogP contribution < -0.4 is 21.3 Å². The highest BCUT2D eigenvalue weighted by atomic mass is 16.5. The van der Waals surface area contributed by atoms with Crippen LogP contribution >= 0.6 is 0 Å². The SMILES string of the molecule is CC(C)Oc1nc(NN)nc(NCC2CCCCC2C)n1. The van der Waals surface area contributed by atoms with Crippen LogP contribution in [-0.2, 0) is 0 Å². The Hall–Kier alpha value is -1.63. The molecule has 118 valence electrons. The first-order valence-electron chi connectivity index (χ1n) is 7.71. The van der Waals surface area contributed by atoms with Gasteiger partial charge in [0.05, 0.1) is 6.10 Å². The van der Waals surface area contributed by atoms with E-state index in [0.29, 0.717) is 17.8 Å². The van der Waals surface area contributed by atoms with Gasteiger partial charge in [0.1, 0.15) is 0 Å². The van der Waals surface area contributed by atoms with Gasteiger partial charge in [-0.1, -0.05) is 26.2 Å². The van der Waals surface area contributed by atoms with Gasteiger partial charge in [-0.05, 0) is 32.1 Å². The lowest BCUT2D eigenvalue weighted by Crippen LogP contribution is -2.25. The molecule has 0 bridgehead atoms. The summed E-state index contributed by atoms with van der Waals surface area (Å²) in [6.45, 7) is 7.04. The van der Waals surface area contributed by atoms with Crippen LogP contribution in [0.2, 0.25) is 0 Å². The molecule has 1 aromatic heterocycles. The topological polar surface area (TPSA) is 98.0 Å². The molecule has 21 heavy (non-hydrogen) atoms. The summed E-state index contributed by atoms with van der Waals surface area (Å²) < 4.78 is 5.51. The Kier molecular flexibility index (Phi) is 5.55. The first-order chi connectivity index (χ1) is 10.1. The van der Waals surface area contributed by atoms with Crippen molar-refractivity contribution in [3.05, 3.63) is 0 Å². The minimum atomic E-state index is 0.00393. The Balaban J connectivity index is 2.00. The predicted octanol–water partition coefficient (Wildman–Crippen LogP) is 2.18. The van der Waals surface area contributed by atoms with E-state index < -0.39 is 0 Å². The predicted molar refractivity (Wildman–Crippen MR) is 83.0 cm³/mol. The fraction of sp³-hybridized carbons (Fsp3) is 0.786. The molecule has 1 aliphatic carbocycles. The molecule has 1 saturated carbocycles. The Morgan fingerprint density at radius 1 is 1.19 bits per heavy atom. The van der Waals surface area contributed by atoms with Crippen molar-refractivity contribution in [2.45, 2.75) is 52.6 Å². The molecule has 2 atom stereocenters. The minimum absolute atomic E-state index is 0.00393. The molecule has 0 amide bonds. The molecule has 4 N–H and O–H groups in total. The van der Waals surface area contributed by atoms with Crippen molar-refractivity contribution >= 4 is 11.9 Å². The maximum absolute atomic E-state index is 5.51. The second-order valence-corrected chi connectivity index (χ2v) is 5.98. The molecule has 1 aromatic rings. The van der Waals surface area contributed by atoms with Crippen LogP contribution in [0, 0.1) is 11.8 Å². The number of rotatable bonds is 6. The van der Waals surface area contributed by atoms with Gasteiger partial charge in [0.2, 0.25) is 11.9 Å². The van der Waals surface area contributed by atoms with Gasteiger partial charge in [-0.3, -0.25) is 5.43 Å². The number of aromatic nitrogens is 3. The van der Waals surface area contributed by atoms with Gasteiger partial charge in [0.15, 0.2) is 0 Å². The number of nitrogen functional groups attached to an aromatic ring is 1. The number of ether oxygens (including phenoxy) is 1. The fourth-order valence-corrected chi connectivity index (χ4v) is 2.68. The van der Waals surface area contributed by atoms with E-state index in [1.165, 1.54) is 25.7 Å². The monoisotopic (exact) mass is 294 g/mol. The van der Waals surface area contributed by atoms with Crippen LogP contribution in [0.3, 0.4) is 0 Å². The second-order valence-electron chi connectivity index (χ2n) is 5.98. The number of hydrogen-bond acceptors (Lipinski definition) is 7. The maximum Gasteiger partial charge on any atom is 0.323 e. The molecule has 0 aromatic carbocycles. The van der Waals surface area contributed by atoms with Crippen molar-refractivity contribution in [2.24, 2.45) is 17.7 Å². The summed E-state index contributed by atoms with van der Waals surface area (Å²) in [6, 6.07) is 0.284. The molecular weight excluding hydrogens is 268 g/mol. The van der Waals surface area contributed by atoms with Crippen molar-refractivity contribution in [3.63, 3.8) is 0 Å². The zero-order chi connectivity index (χ0) is 15.2. The molecule has 1 heterocycles. The lowest BCUT2D eigenvalue weighted by Gasteiger charge is -2.28. The molecular formula is C14H26N6O. The van der Waals surface area contributed by atoms with Gasteiger partial charge in [-0.15, -0.1) is 0 Å². The number of hydrazine groups is 1. The number of hydrogen-bond donors (Lipinski definition) is 3. The van der Waals surface area contributed by atoms with Crippen LogP contribution in [0.1, 0.15) is 46.5 Å². The largest absolute Gasteiger partial charge is 0.461 e. The zero-order valence-electron chi connectivity index (χ0n) is 13.1. The van der Waals surface area contributed by atoms with Crippen molar-refractivity contribution in [1.82, 2.24) is 15.0 Å². The summed E-state index contributed by atoms with van der Waals surface area (Å²) in [5.41, 5.74) is 2.45. The third-order valence-corrected chi connectivity index (χ3v) is 3.90. The number of nitrogens with one attached hydrogen (secondary N) is 2. The lowest BCUT2D eigenvalue weighted by atomic mass is 9.80. The van der Waals surface area contributed by atoms with E-state index in [1.807, 2.05) is 13.8 Å². The highest BCUT2D eigenvalue weighted by Crippen LogP contribution is 2.29. The van der Waals surface area contributed by atoms with Crippen LogP contribution in [0.5, 0.6) is 6.01 Å². The van der Waals surface area contributed by atoms with Gasteiger partial charge >= 0.3 is 6.01 Å². The van der Waals surface area contributed by atoms with E-state index in [4.69, 9.17) is 10.6 Å². The van der Waals surface area contributed by atoms with Gasteiger partial charge < -0.3 is 10.1 Å². The van der Waals surface area contributed by atoms with Gasteiger partial charge in [-0.25, -0.2) is 5.84 Å². The fourth-order valence-electron chi connectivity index (χ4n) is 2.68. The van der Waals surface area contributed by atoms with Gasteiger partial charge in [-0.2, -0.15) is 15.0 Å². The summed E-state index contributed by atoms with van der Waals surface area (Å²) in [5, 5.41) is 3.30. The number of nitrogens with two attached hydrogens (primary N) is 1. The summed E-state index contributed by atoms with van der Waals surface area (Å²) in [6.07, 6.45) is 5.23. The normalized spacial score (nSPS) is 22.1. The molecule has 1 fully saturated rings. The Morgan fingerprint density at radius 3 is 2.57 bits per heavy atom. The molecule has 0 aliphatic heterocycles. The van der Waals surface area contributed by atoms with E-state index in [0.717, 1.165) is 12.5 Å². The molecule has 7 nitrogen and oxygen atoms in total. The van der Waals surface area contributed by atoms with Crippen molar-refractivity contribution in [3.8, 4) is 6.01 Å². The van der Waals surface area contributed by atoms with Crippen LogP contribution in [0.4, 0.5) is 11.9 Å². The number of nitrogens with zero attached hydrogens (tertiary/aromatic N) is 3. The molecule has 1 aliphatic rings. The summed E-state index contributed by atoms with van der Waals surface area (Å²) in [4.78, 5) is 12.6. The summed E-state index contributed by atoms with van der Waals surface area (Å²) >= 11 is 0. The zero-order valence-corrected chi connectivity index (χ0v) is 13.1. The molecule has 0 spiro atoms. The van der Waals surface area contributed by atoms with Gasteiger partial charge in [0.25, 0.3) is 0 Å². The molecule has 7 heteroatoms. The Bertz CT molecular complexity index is 453. The van der Waals surface area contributed by atoms with E-state index >= 15 is 0 Å². The van der Waals surface area contributed by atoms with Crippen molar-refractivity contribution in [2.75, 3.05) is 17.3 Å². The Morgan fingerprint density at radius 2 is 1.90 bits per heavy atom. The minimum Gasteiger partial charge on any atom is -0.461 e. The lowest BCUT2D eigenvalue weighted by molar-refractivity contribution is 0.222. The van der Waals surface area contributed by atoms with Crippen molar-refractivity contribution in [1.29, 1.82) is 0 Å². The molecule has 2 rings (SSSR count). The first kappa shape index (κ1) is 15.8. The standard InChI is InChI=1S/C14H26N6O/c1-9(2)21-14-18-12(17-13(19-14)20-15)16-8-11-7-5-4-6-10(11)3/h9-11H,4-8,15H2,1-3H3,(H2,16,17,18,19,20). The third-order valence-electron chi connectivity index (χ3n) is 3.90. The maximum atomic E-state index is 5.51. The Labute approximate surface area is 126 Å². The van der Waals surface area contributed by atoms with Crippen LogP contribution in [0.15, 0.2) is 0 Å². The van der Waals surface area contributed by atoms with Crippen LogP contribution in [-0.4, -0.2) is 27.6 Å². The second kappa shape index (κ2) is 7.40. The summed E-state index contributed by atoms with van der Waals surface area (Å²) in [7, 11) is 0. The molecule has 0 saturated heterocycles. The molecule has 2 unspecified atom stereocenters. The molecule has 0 radical (unpaired) electrons. The van der Waals surface area contributed by atoms with Crippen LogP contribution in [0.25, 0.3) is 0 Å². The van der Waals surface area contributed by atoms with Gasteiger partial charge in [0, 0.05) is 6.54 Å². The average molecular weight is 294 g/mol. The highest BCUT2D eigenvalue weighted by Gasteiger charge is 2.21. The quantitative estimate of drug-likeness (QED) is 0.546. The number of anilines is 2. The van der Waals surface area contributed by atoms with E-state index in [9.17, 15) is 0 Å². The third kappa shape index (κ3) is 4.70. The smallest absolute Gasteiger partial charge is 0.323 e. The van der Waals surface area contributed by atoms with E-state index in [-0.39, 0.29) is 12.1 Å². The summed E-state index contributed by atoms with van der Waals surface area (Å²) in [5.74, 6) is 7.61.